The van der Waals surface area contributed by atoms with Crippen molar-refractivity contribution in [1.29, 1.82) is 0 Å². The lowest BCUT2D eigenvalue weighted by Crippen LogP contribution is -2.04. The molecular weight excluding hydrogens is 313 g/mol. The first kappa shape index (κ1) is 15.4. The number of esters is 1. The van der Waals surface area contributed by atoms with Gasteiger partial charge in [0.1, 0.15) is 10.8 Å². The van der Waals surface area contributed by atoms with Gasteiger partial charge >= 0.3 is 5.97 Å². The second-order valence-electron chi connectivity index (χ2n) is 4.82. The number of carbonyl (C=O) groups is 1. The van der Waals surface area contributed by atoms with Crippen molar-refractivity contribution in [3.63, 3.8) is 0 Å². The van der Waals surface area contributed by atoms with Gasteiger partial charge in [0.2, 0.25) is 0 Å². The zero-order valence-electron chi connectivity index (χ0n) is 12.5. The molecule has 0 saturated carbocycles. The molecular formula is C18H14FNO2S. The van der Waals surface area contributed by atoms with Crippen LogP contribution in [0.4, 0.5) is 4.39 Å². The highest BCUT2D eigenvalue weighted by Crippen LogP contribution is 2.30. The Labute approximate surface area is 137 Å². The average Bonchev–Trinajstić information content (AvgIpc) is 3.05. The molecule has 3 aromatic rings. The summed E-state index contributed by atoms with van der Waals surface area (Å²) in [6, 6.07) is 13.6. The van der Waals surface area contributed by atoms with Crippen molar-refractivity contribution in [2.24, 2.45) is 0 Å². The molecule has 0 spiro atoms. The highest BCUT2D eigenvalue weighted by Gasteiger charge is 2.12. The van der Waals surface area contributed by atoms with Crippen molar-refractivity contribution >= 4 is 17.3 Å². The molecule has 0 saturated heterocycles. The molecule has 0 unspecified atom stereocenters. The molecule has 1 heterocycles. The van der Waals surface area contributed by atoms with Crippen molar-refractivity contribution in [3.8, 4) is 21.8 Å². The highest BCUT2D eigenvalue weighted by atomic mass is 32.1. The van der Waals surface area contributed by atoms with E-state index in [1.807, 2.05) is 11.4 Å². The molecule has 0 atom stereocenters. The fourth-order valence-corrected chi connectivity index (χ4v) is 3.04. The number of benzene rings is 2. The van der Waals surface area contributed by atoms with Crippen LogP contribution in [0.5, 0.6) is 0 Å². The van der Waals surface area contributed by atoms with E-state index in [0.29, 0.717) is 28.4 Å². The van der Waals surface area contributed by atoms with Crippen LogP contribution in [0, 0.1) is 5.82 Å². The highest BCUT2D eigenvalue weighted by molar-refractivity contribution is 7.13. The number of thiazole rings is 1. The lowest BCUT2D eigenvalue weighted by molar-refractivity contribution is 0.0526. The zero-order valence-corrected chi connectivity index (χ0v) is 13.3. The van der Waals surface area contributed by atoms with Crippen LogP contribution in [0.3, 0.4) is 0 Å². The van der Waals surface area contributed by atoms with Gasteiger partial charge in [-0.3, -0.25) is 0 Å². The molecule has 3 nitrogen and oxygen atoms in total. The predicted molar refractivity (Wildman–Crippen MR) is 88.9 cm³/mol. The Bertz CT molecular complexity index is 844. The van der Waals surface area contributed by atoms with Crippen LogP contribution in [0.25, 0.3) is 21.8 Å². The number of nitrogens with zero attached hydrogens (tertiary/aromatic N) is 1. The average molecular weight is 327 g/mol. The molecule has 3 rings (SSSR count). The number of hydrogen-bond acceptors (Lipinski definition) is 4. The van der Waals surface area contributed by atoms with Crippen LogP contribution in [0.1, 0.15) is 17.3 Å². The van der Waals surface area contributed by atoms with E-state index in [4.69, 9.17) is 4.74 Å². The van der Waals surface area contributed by atoms with Gasteiger partial charge in [0.05, 0.1) is 17.9 Å². The van der Waals surface area contributed by atoms with Crippen LogP contribution in [-0.4, -0.2) is 17.6 Å². The maximum atomic E-state index is 13.8. The second kappa shape index (κ2) is 6.71. The first-order chi connectivity index (χ1) is 11.2. The SMILES string of the molecule is CCOC(=O)c1cccc(-c2csc(-c3ccccc3F)n2)c1. The zero-order chi connectivity index (χ0) is 16.2. The van der Waals surface area contributed by atoms with Crippen molar-refractivity contribution in [2.75, 3.05) is 6.61 Å². The Morgan fingerprint density at radius 1 is 1.22 bits per heavy atom. The summed E-state index contributed by atoms with van der Waals surface area (Å²) in [5, 5.41) is 2.46. The topological polar surface area (TPSA) is 39.2 Å². The summed E-state index contributed by atoms with van der Waals surface area (Å²) in [5.74, 6) is -0.660. The third-order valence-electron chi connectivity index (χ3n) is 3.28. The summed E-state index contributed by atoms with van der Waals surface area (Å²) < 4.78 is 18.8. The predicted octanol–water partition coefficient (Wildman–Crippen LogP) is 4.79. The maximum Gasteiger partial charge on any atom is 0.338 e. The van der Waals surface area contributed by atoms with Gasteiger partial charge < -0.3 is 4.74 Å². The minimum atomic E-state index is -0.362. The van der Waals surface area contributed by atoms with Gasteiger partial charge in [-0.05, 0) is 31.2 Å². The lowest BCUT2D eigenvalue weighted by Gasteiger charge is -2.03. The number of halogens is 1. The summed E-state index contributed by atoms with van der Waals surface area (Å²) in [6.45, 7) is 2.10. The van der Waals surface area contributed by atoms with E-state index in [1.165, 1.54) is 17.4 Å². The van der Waals surface area contributed by atoms with Crippen LogP contribution >= 0.6 is 11.3 Å². The molecule has 1 aromatic heterocycles. The van der Waals surface area contributed by atoms with E-state index in [9.17, 15) is 9.18 Å². The summed E-state index contributed by atoms with van der Waals surface area (Å²) >= 11 is 1.37. The van der Waals surface area contributed by atoms with E-state index in [0.717, 1.165) is 5.56 Å². The molecule has 5 heteroatoms. The summed E-state index contributed by atoms with van der Waals surface area (Å²) in [4.78, 5) is 16.3. The number of carbonyl (C=O) groups excluding carboxylic acids is 1. The van der Waals surface area contributed by atoms with Crippen molar-refractivity contribution < 1.29 is 13.9 Å². The van der Waals surface area contributed by atoms with Gasteiger partial charge in [-0.1, -0.05) is 24.3 Å². The molecule has 0 radical (unpaired) electrons. The van der Waals surface area contributed by atoms with Gasteiger partial charge in [0, 0.05) is 16.5 Å². The van der Waals surface area contributed by atoms with Crippen LogP contribution < -0.4 is 0 Å². The van der Waals surface area contributed by atoms with Gasteiger partial charge in [0.25, 0.3) is 0 Å². The molecule has 2 aromatic carbocycles. The van der Waals surface area contributed by atoms with E-state index in [1.54, 1.807) is 43.3 Å². The second-order valence-corrected chi connectivity index (χ2v) is 5.68. The third kappa shape index (κ3) is 3.29. The van der Waals surface area contributed by atoms with E-state index in [2.05, 4.69) is 4.98 Å². The van der Waals surface area contributed by atoms with Crippen LogP contribution in [0.15, 0.2) is 53.9 Å². The Hall–Kier alpha value is -2.53. The van der Waals surface area contributed by atoms with Gasteiger partial charge in [-0.25, -0.2) is 14.2 Å². The Kier molecular flexibility index (Phi) is 4.48. The van der Waals surface area contributed by atoms with Crippen molar-refractivity contribution in [1.82, 2.24) is 4.98 Å². The first-order valence-corrected chi connectivity index (χ1v) is 8.05. The standard InChI is InChI=1S/C18H14FNO2S/c1-2-22-18(21)13-7-5-6-12(10-13)16-11-23-17(20-16)14-8-3-4-9-15(14)19/h3-11H,2H2,1H3. The maximum absolute atomic E-state index is 13.8. The van der Waals surface area contributed by atoms with Crippen molar-refractivity contribution in [2.45, 2.75) is 6.92 Å². The molecule has 23 heavy (non-hydrogen) atoms. The number of aromatic nitrogens is 1. The molecule has 0 aliphatic carbocycles. The minimum absolute atomic E-state index is 0.298. The third-order valence-corrected chi connectivity index (χ3v) is 4.15. The normalized spacial score (nSPS) is 10.5. The monoisotopic (exact) mass is 327 g/mol. The summed E-state index contributed by atoms with van der Waals surface area (Å²) in [7, 11) is 0. The molecule has 0 fully saturated rings. The van der Waals surface area contributed by atoms with Gasteiger partial charge in [-0.15, -0.1) is 11.3 Å². The van der Waals surface area contributed by atoms with Crippen molar-refractivity contribution in [3.05, 3.63) is 65.3 Å². The fourth-order valence-electron chi connectivity index (χ4n) is 2.18. The fraction of sp³-hybridized carbons (Fsp3) is 0.111. The lowest BCUT2D eigenvalue weighted by atomic mass is 10.1. The number of rotatable bonds is 4. The molecule has 0 aliphatic heterocycles. The first-order valence-electron chi connectivity index (χ1n) is 7.17. The molecule has 0 bridgehead atoms. The molecule has 0 aliphatic rings. The minimum Gasteiger partial charge on any atom is -0.462 e. The molecule has 0 amide bonds. The van der Waals surface area contributed by atoms with E-state index in [-0.39, 0.29) is 11.8 Å². The largest absolute Gasteiger partial charge is 0.462 e. The summed E-state index contributed by atoms with van der Waals surface area (Å²) in [5.41, 5.74) is 2.46. The van der Waals surface area contributed by atoms with Gasteiger partial charge in [-0.2, -0.15) is 0 Å². The number of ether oxygens (including phenoxy) is 1. The molecule has 116 valence electrons. The van der Waals surface area contributed by atoms with E-state index < -0.39 is 0 Å². The summed E-state index contributed by atoms with van der Waals surface area (Å²) in [6.07, 6.45) is 0. The quantitative estimate of drug-likeness (QED) is 0.647. The Morgan fingerprint density at radius 3 is 2.83 bits per heavy atom. The van der Waals surface area contributed by atoms with Crippen LogP contribution in [0.2, 0.25) is 0 Å². The van der Waals surface area contributed by atoms with E-state index >= 15 is 0 Å². The Balaban J connectivity index is 1.93. The van der Waals surface area contributed by atoms with Crippen LogP contribution in [-0.2, 0) is 4.74 Å². The number of hydrogen-bond donors (Lipinski definition) is 0. The van der Waals surface area contributed by atoms with Gasteiger partial charge in [0.15, 0.2) is 0 Å². The molecule has 0 N–H and O–H groups in total. The Morgan fingerprint density at radius 2 is 2.04 bits per heavy atom. The smallest absolute Gasteiger partial charge is 0.338 e.